The molecule has 0 aromatic heterocycles. The van der Waals surface area contributed by atoms with Crippen LogP contribution in [-0.4, -0.2) is 40.1 Å². The van der Waals surface area contributed by atoms with Gasteiger partial charge in [0.15, 0.2) is 0 Å². The molecule has 0 aliphatic carbocycles. The first kappa shape index (κ1) is 23.8. The molecule has 0 aliphatic heterocycles. The maximum atomic E-state index is 12.9. The van der Waals surface area contributed by atoms with Crippen molar-refractivity contribution < 1.29 is 22.7 Å². The highest BCUT2D eigenvalue weighted by molar-refractivity contribution is 7.92. The summed E-state index contributed by atoms with van der Waals surface area (Å²) in [7, 11) is -2.19. The highest BCUT2D eigenvalue weighted by atomic mass is 32.2. The lowest BCUT2D eigenvalue weighted by Gasteiger charge is -2.23. The number of methoxy groups -OCH3 is 1. The van der Waals surface area contributed by atoms with Gasteiger partial charge in [0.2, 0.25) is 15.9 Å². The van der Waals surface area contributed by atoms with Crippen molar-refractivity contribution in [2.45, 2.75) is 6.92 Å². The van der Waals surface area contributed by atoms with Crippen molar-refractivity contribution in [3.05, 3.63) is 83.9 Å². The molecule has 0 radical (unpaired) electrons. The number of nitrogens with zero attached hydrogens (tertiary/aromatic N) is 1. The Labute approximate surface area is 193 Å². The number of rotatable bonds is 8. The number of amides is 2. The molecule has 0 saturated carbocycles. The van der Waals surface area contributed by atoms with Crippen LogP contribution in [0.15, 0.2) is 72.8 Å². The molecule has 0 aliphatic rings. The predicted molar refractivity (Wildman–Crippen MR) is 129 cm³/mol. The van der Waals surface area contributed by atoms with E-state index in [9.17, 15) is 18.0 Å². The SMILES string of the molecule is COc1cccc(NC(=O)c2ccccc2NC(=O)CN(c2ccccc2C)S(C)(=O)=O)c1. The highest BCUT2D eigenvalue weighted by Gasteiger charge is 2.23. The van der Waals surface area contributed by atoms with Crippen molar-refractivity contribution >= 4 is 38.9 Å². The second-order valence-corrected chi connectivity index (χ2v) is 9.24. The number of nitrogens with one attached hydrogen (secondary N) is 2. The van der Waals surface area contributed by atoms with Crippen molar-refractivity contribution in [2.75, 3.05) is 34.8 Å². The van der Waals surface area contributed by atoms with Gasteiger partial charge in [0.25, 0.3) is 5.91 Å². The number of carbonyl (C=O) groups is 2. The molecule has 172 valence electrons. The summed E-state index contributed by atoms with van der Waals surface area (Å²) in [5.74, 6) is -0.421. The third-order valence-corrected chi connectivity index (χ3v) is 5.97. The second-order valence-electron chi connectivity index (χ2n) is 7.34. The van der Waals surface area contributed by atoms with Gasteiger partial charge in [0, 0.05) is 11.8 Å². The Hall–Kier alpha value is -3.85. The summed E-state index contributed by atoms with van der Waals surface area (Å²) in [5, 5.41) is 5.43. The molecule has 0 heterocycles. The Morgan fingerprint density at radius 3 is 2.33 bits per heavy atom. The van der Waals surface area contributed by atoms with Crippen molar-refractivity contribution in [1.82, 2.24) is 0 Å². The number of hydrogen-bond acceptors (Lipinski definition) is 5. The number of para-hydroxylation sites is 2. The van der Waals surface area contributed by atoms with E-state index in [1.807, 2.05) is 0 Å². The van der Waals surface area contributed by atoms with Crippen molar-refractivity contribution in [2.24, 2.45) is 0 Å². The van der Waals surface area contributed by atoms with E-state index in [0.717, 1.165) is 10.6 Å². The Morgan fingerprint density at radius 2 is 1.64 bits per heavy atom. The number of anilines is 3. The number of hydrogen-bond donors (Lipinski definition) is 2. The lowest BCUT2D eigenvalue weighted by molar-refractivity contribution is -0.114. The molecule has 2 amide bonds. The molecular formula is C24H25N3O5S. The largest absolute Gasteiger partial charge is 0.497 e. The summed E-state index contributed by atoms with van der Waals surface area (Å²) < 4.78 is 31.0. The van der Waals surface area contributed by atoms with Gasteiger partial charge in [-0.05, 0) is 42.8 Å². The fourth-order valence-corrected chi connectivity index (χ4v) is 4.15. The van der Waals surface area contributed by atoms with E-state index in [-0.39, 0.29) is 11.3 Å². The number of carbonyl (C=O) groups excluding carboxylic acids is 2. The van der Waals surface area contributed by atoms with Crippen LogP contribution in [0.1, 0.15) is 15.9 Å². The third-order valence-electron chi connectivity index (χ3n) is 4.85. The third kappa shape index (κ3) is 6.11. The molecule has 0 bridgehead atoms. The van der Waals surface area contributed by atoms with E-state index in [4.69, 9.17) is 4.74 Å². The van der Waals surface area contributed by atoms with Gasteiger partial charge in [0.1, 0.15) is 12.3 Å². The molecule has 0 saturated heterocycles. The minimum Gasteiger partial charge on any atom is -0.497 e. The molecule has 8 nitrogen and oxygen atoms in total. The first-order chi connectivity index (χ1) is 15.7. The first-order valence-corrected chi connectivity index (χ1v) is 11.9. The quantitative estimate of drug-likeness (QED) is 0.526. The van der Waals surface area contributed by atoms with Crippen LogP contribution in [0.25, 0.3) is 0 Å². The monoisotopic (exact) mass is 467 g/mol. The summed E-state index contributed by atoms with van der Waals surface area (Å²) in [5.41, 5.74) is 2.16. The number of benzene rings is 3. The number of ether oxygens (including phenoxy) is 1. The lowest BCUT2D eigenvalue weighted by atomic mass is 10.1. The average Bonchev–Trinajstić information content (AvgIpc) is 2.78. The Kier molecular flexibility index (Phi) is 7.34. The zero-order chi connectivity index (χ0) is 24.0. The fraction of sp³-hybridized carbons (Fsp3) is 0.167. The molecular weight excluding hydrogens is 442 g/mol. The maximum absolute atomic E-state index is 12.9. The Balaban J connectivity index is 1.80. The number of aryl methyl sites for hydroxylation is 1. The van der Waals surface area contributed by atoms with Crippen LogP contribution in [-0.2, 0) is 14.8 Å². The van der Waals surface area contributed by atoms with E-state index < -0.39 is 28.4 Å². The minimum atomic E-state index is -3.72. The van der Waals surface area contributed by atoms with Crippen LogP contribution in [0.3, 0.4) is 0 Å². The van der Waals surface area contributed by atoms with Crippen LogP contribution in [0.2, 0.25) is 0 Å². The van der Waals surface area contributed by atoms with Gasteiger partial charge < -0.3 is 15.4 Å². The smallest absolute Gasteiger partial charge is 0.257 e. The van der Waals surface area contributed by atoms with Crippen molar-refractivity contribution in [1.29, 1.82) is 0 Å². The normalized spacial score (nSPS) is 10.9. The topological polar surface area (TPSA) is 105 Å². The summed E-state index contributed by atoms with van der Waals surface area (Å²) in [6.45, 7) is 1.33. The van der Waals surface area contributed by atoms with Crippen LogP contribution in [0, 0.1) is 6.92 Å². The highest BCUT2D eigenvalue weighted by Crippen LogP contribution is 2.23. The van der Waals surface area contributed by atoms with Crippen LogP contribution >= 0.6 is 0 Å². The second kappa shape index (κ2) is 10.2. The van der Waals surface area contributed by atoms with E-state index in [1.54, 1.807) is 79.7 Å². The van der Waals surface area contributed by atoms with Gasteiger partial charge in [-0.1, -0.05) is 36.4 Å². The van der Waals surface area contributed by atoms with Crippen LogP contribution in [0.5, 0.6) is 5.75 Å². The van der Waals surface area contributed by atoms with Gasteiger partial charge >= 0.3 is 0 Å². The van der Waals surface area contributed by atoms with E-state index in [2.05, 4.69) is 10.6 Å². The predicted octanol–water partition coefficient (Wildman–Crippen LogP) is 3.66. The molecule has 0 atom stereocenters. The van der Waals surface area contributed by atoms with Gasteiger partial charge in [0.05, 0.1) is 30.3 Å². The van der Waals surface area contributed by atoms with Crippen molar-refractivity contribution in [3.8, 4) is 5.75 Å². The van der Waals surface area contributed by atoms with Gasteiger partial charge in [-0.2, -0.15) is 0 Å². The molecule has 33 heavy (non-hydrogen) atoms. The van der Waals surface area contributed by atoms with E-state index in [1.165, 1.54) is 7.11 Å². The standard InChI is InChI=1S/C24H25N3O5S/c1-17-9-4-7-14-22(17)27(33(3,30)31)16-23(28)26-21-13-6-5-12-20(21)24(29)25-18-10-8-11-19(15-18)32-2/h4-15H,16H2,1-3H3,(H,25,29)(H,26,28). The van der Waals surface area contributed by atoms with E-state index in [0.29, 0.717) is 22.7 Å². The van der Waals surface area contributed by atoms with Gasteiger partial charge in [-0.15, -0.1) is 0 Å². The Morgan fingerprint density at radius 1 is 0.939 bits per heavy atom. The average molecular weight is 468 g/mol. The van der Waals surface area contributed by atoms with Crippen LogP contribution in [0.4, 0.5) is 17.1 Å². The lowest BCUT2D eigenvalue weighted by Crippen LogP contribution is -2.38. The summed E-state index contributed by atoms with van der Waals surface area (Å²) in [6.07, 6.45) is 1.04. The molecule has 0 spiro atoms. The number of sulfonamides is 1. The fourth-order valence-electron chi connectivity index (χ4n) is 3.23. The summed E-state index contributed by atoms with van der Waals surface area (Å²) >= 11 is 0. The molecule has 9 heteroatoms. The molecule has 3 aromatic rings. The van der Waals surface area contributed by atoms with Crippen LogP contribution < -0.4 is 19.7 Å². The zero-order valence-corrected chi connectivity index (χ0v) is 19.3. The minimum absolute atomic E-state index is 0.232. The zero-order valence-electron chi connectivity index (χ0n) is 18.5. The molecule has 3 aromatic carbocycles. The van der Waals surface area contributed by atoms with Gasteiger partial charge in [-0.3, -0.25) is 13.9 Å². The Bertz CT molecular complexity index is 1270. The molecule has 3 rings (SSSR count). The summed E-state index contributed by atoms with van der Waals surface area (Å²) in [4.78, 5) is 25.7. The maximum Gasteiger partial charge on any atom is 0.257 e. The van der Waals surface area contributed by atoms with E-state index >= 15 is 0 Å². The molecule has 0 unspecified atom stereocenters. The summed E-state index contributed by atoms with van der Waals surface area (Å²) in [6, 6.07) is 20.3. The van der Waals surface area contributed by atoms with Gasteiger partial charge in [-0.25, -0.2) is 8.42 Å². The molecule has 0 fully saturated rings. The molecule has 2 N–H and O–H groups in total. The van der Waals surface area contributed by atoms with Crippen molar-refractivity contribution in [3.63, 3.8) is 0 Å². The first-order valence-electron chi connectivity index (χ1n) is 10.1.